The topological polar surface area (TPSA) is 147 Å². The Hall–Kier alpha value is -3.17. The first-order valence-electron chi connectivity index (χ1n) is 13.7. The summed E-state index contributed by atoms with van der Waals surface area (Å²) < 4.78 is 66.9. The van der Waals surface area contributed by atoms with Gasteiger partial charge in [-0.15, -0.1) is 0 Å². The quantitative estimate of drug-likeness (QED) is 0.238. The molecule has 2 aromatic carbocycles. The number of aliphatic carboxylic acids is 1. The average molecular weight is 694 g/mol. The van der Waals surface area contributed by atoms with Gasteiger partial charge >= 0.3 is 12.1 Å². The highest BCUT2D eigenvalue weighted by Crippen LogP contribution is 2.33. The van der Waals surface area contributed by atoms with Gasteiger partial charge in [0.15, 0.2) is 0 Å². The van der Waals surface area contributed by atoms with Crippen molar-refractivity contribution in [3.05, 3.63) is 63.8 Å². The van der Waals surface area contributed by atoms with E-state index in [1.807, 2.05) is 31.2 Å². The van der Waals surface area contributed by atoms with E-state index in [2.05, 4.69) is 20.3 Å². The standard InChI is InChI=1S/C27H32Cl2N4O4S.C2HF3O2/c1-17-7-8-19-5-4-6-22(25(19)32-17)37-16-20-21(28)9-10-23(24(20)29)38(35,36)33-27(2,3)26(34)31-15-18-11-13-30-14-12-18;3-2(4,5)1(6)7/h4-10,18,30,33H,11-16H2,1-3H3,(H,31,34);(H,6,7). The van der Waals surface area contributed by atoms with Crippen molar-refractivity contribution in [1.82, 2.24) is 20.3 Å². The number of halogens is 5. The number of para-hydroxylation sites is 1. The van der Waals surface area contributed by atoms with Crippen molar-refractivity contribution in [3.8, 4) is 5.75 Å². The van der Waals surface area contributed by atoms with E-state index in [0.717, 1.165) is 37.0 Å². The van der Waals surface area contributed by atoms with E-state index in [1.54, 1.807) is 6.07 Å². The van der Waals surface area contributed by atoms with Gasteiger partial charge in [0.25, 0.3) is 0 Å². The van der Waals surface area contributed by atoms with Crippen LogP contribution in [0.15, 0.2) is 47.4 Å². The van der Waals surface area contributed by atoms with Gasteiger partial charge in [-0.25, -0.2) is 18.2 Å². The van der Waals surface area contributed by atoms with Crippen molar-refractivity contribution in [3.63, 3.8) is 0 Å². The molecule has 4 rings (SSSR count). The van der Waals surface area contributed by atoms with Crippen molar-refractivity contribution in [2.75, 3.05) is 19.6 Å². The van der Waals surface area contributed by atoms with Gasteiger partial charge in [-0.3, -0.25) is 4.79 Å². The molecule has 0 radical (unpaired) electrons. The molecule has 1 aliphatic rings. The summed E-state index contributed by atoms with van der Waals surface area (Å²) in [6.45, 7) is 7.17. The van der Waals surface area contributed by atoms with Crippen LogP contribution in [0.4, 0.5) is 13.2 Å². The normalized spacial score (nSPS) is 14.4. The lowest BCUT2D eigenvalue weighted by Gasteiger charge is -2.28. The van der Waals surface area contributed by atoms with Crippen LogP contribution in [0.3, 0.4) is 0 Å². The number of carbonyl (C=O) groups excluding carboxylic acids is 1. The number of sulfonamides is 1. The smallest absolute Gasteiger partial charge is 0.487 e. The first kappa shape index (κ1) is 36.3. The third-order valence-electron chi connectivity index (χ3n) is 6.84. The maximum atomic E-state index is 13.4. The molecule has 1 amide bonds. The molecule has 0 saturated carbocycles. The molecule has 1 aliphatic heterocycles. The number of piperidine rings is 1. The molecular formula is C29H33Cl2F3N4O6S. The number of aryl methyl sites for hydroxylation is 1. The van der Waals surface area contributed by atoms with E-state index in [9.17, 15) is 26.4 Å². The molecule has 0 spiro atoms. The molecule has 246 valence electrons. The highest BCUT2D eigenvalue weighted by Gasteiger charge is 2.38. The molecule has 0 atom stereocenters. The van der Waals surface area contributed by atoms with Gasteiger partial charge in [0.05, 0.1) is 5.02 Å². The summed E-state index contributed by atoms with van der Waals surface area (Å²) in [5.74, 6) is -2.28. The number of alkyl halides is 3. The summed E-state index contributed by atoms with van der Waals surface area (Å²) >= 11 is 13.0. The third kappa shape index (κ3) is 9.91. The van der Waals surface area contributed by atoms with E-state index in [-0.39, 0.29) is 21.5 Å². The van der Waals surface area contributed by atoms with E-state index >= 15 is 0 Å². The van der Waals surface area contributed by atoms with Gasteiger partial charge in [-0.1, -0.05) is 41.4 Å². The van der Waals surface area contributed by atoms with Crippen LogP contribution in [0.2, 0.25) is 10.0 Å². The van der Waals surface area contributed by atoms with E-state index in [4.69, 9.17) is 37.8 Å². The number of pyridine rings is 1. The molecule has 0 bridgehead atoms. The van der Waals surface area contributed by atoms with Crippen LogP contribution in [0.5, 0.6) is 5.75 Å². The minimum atomic E-state index is -5.08. The Morgan fingerprint density at radius 1 is 1.09 bits per heavy atom. The molecule has 45 heavy (non-hydrogen) atoms. The zero-order valence-electron chi connectivity index (χ0n) is 24.6. The van der Waals surface area contributed by atoms with Crippen LogP contribution >= 0.6 is 23.2 Å². The average Bonchev–Trinajstić information content (AvgIpc) is 2.95. The number of carboxylic acids is 1. The number of benzene rings is 2. The third-order valence-corrected chi connectivity index (χ3v) is 9.44. The Bertz CT molecular complexity index is 1650. The van der Waals surface area contributed by atoms with Crippen LogP contribution in [0.1, 0.15) is 37.9 Å². The zero-order chi connectivity index (χ0) is 33.6. The van der Waals surface area contributed by atoms with Gasteiger partial charge in [-0.05, 0) is 76.9 Å². The zero-order valence-corrected chi connectivity index (χ0v) is 26.9. The predicted molar refractivity (Wildman–Crippen MR) is 164 cm³/mol. The summed E-state index contributed by atoms with van der Waals surface area (Å²) in [7, 11) is -4.18. The minimum Gasteiger partial charge on any atom is -0.487 e. The fourth-order valence-corrected chi connectivity index (χ4v) is 6.65. The lowest BCUT2D eigenvalue weighted by molar-refractivity contribution is -0.192. The second-order valence-electron chi connectivity index (χ2n) is 10.8. The number of fused-ring (bicyclic) bond motifs is 1. The molecule has 4 N–H and O–H groups in total. The Balaban J connectivity index is 0.000000707. The number of carbonyl (C=O) groups is 2. The molecule has 1 fully saturated rings. The Labute approximate surface area is 268 Å². The molecule has 0 aliphatic carbocycles. The number of nitrogens with zero attached hydrogens (tertiary/aromatic N) is 1. The largest absolute Gasteiger partial charge is 0.490 e. The highest BCUT2D eigenvalue weighted by atomic mass is 35.5. The summed E-state index contributed by atoms with van der Waals surface area (Å²) in [5, 5.41) is 14.4. The predicted octanol–water partition coefficient (Wildman–Crippen LogP) is 5.24. The first-order chi connectivity index (χ1) is 20.9. The number of hydrogen-bond donors (Lipinski definition) is 4. The fraction of sp³-hybridized carbons (Fsp3) is 0.414. The van der Waals surface area contributed by atoms with Gasteiger partial charge < -0.3 is 20.5 Å². The summed E-state index contributed by atoms with van der Waals surface area (Å²) in [6, 6.07) is 12.2. The Morgan fingerprint density at radius 3 is 2.36 bits per heavy atom. The van der Waals surface area contributed by atoms with Gasteiger partial charge in [0.1, 0.15) is 28.3 Å². The summed E-state index contributed by atoms with van der Waals surface area (Å²) in [4.78, 5) is 26.1. The lowest BCUT2D eigenvalue weighted by atomic mass is 9.97. The summed E-state index contributed by atoms with van der Waals surface area (Å²) in [6.07, 6.45) is -3.15. The Kier molecular flexibility index (Phi) is 12.1. The molecule has 2 heterocycles. The van der Waals surface area contributed by atoms with Gasteiger partial charge in [-0.2, -0.15) is 17.9 Å². The van der Waals surface area contributed by atoms with Crippen molar-refractivity contribution >= 4 is 56.0 Å². The lowest BCUT2D eigenvalue weighted by Crippen LogP contribution is -2.55. The van der Waals surface area contributed by atoms with Crippen LogP contribution in [-0.4, -0.2) is 61.7 Å². The van der Waals surface area contributed by atoms with Crippen molar-refractivity contribution in [2.24, 2.45) is 5.92 Å². The van der Waals surface area contributed by atoms with Crippen LogP contribution in [0, 0.1) is 12.8 Å². The SMILES string of the molecule is Cc1ccc2cccc(OCc3c(Cl)ccc(S(=O)(=O)NC(C)(C)C(=O)NCC4CCNCC4)c3Cl)c2n1.O=C(O)C(F)(F)F. The number of rotatable bonds is 9. The first-order valence-corrected chi connectivity index (χ1v) is 16.0. The molecule has 3 aromatic rings. The number of amides is 1. The van der Waals surface area contributed by atoms with Crippen molar-refractivity contribution in [2.45, 2.75) is 56.8 Å². The van der Waals surface area contributed by atoms with Crippen LogP contribution in [0.25, 0.3) is 10.9 Å². The fourth-order valence-electron chi connectivity index (χ4n) is 4.38. The molecule has 10 nitrogen and oxygen atoms in total. The molecular weight excluding hydrogens is 660 g/mol. The van der Waals surface area contributed by atoms with Crippen molar-refractivity contribution in [1.29, 1.82) is 0 Å². The second-order valence-corrected chi connectivity index (χ2v) is 13.3. The second kappa shape index (κ2) is 14.9. The van der Waals surface area contributed by atoms with E-state index < -0.39 is 33.6 Å². The number of aromatic nitrogens is 1. The van der Waals surface area contributed by atoms with Gasteiger partial charge in [0.2, 0.25) is 15.9 Å². The number of ether oxygens (including phenoxy) is 1. The van der Waals surface area contributed by atoms with Crippen LogP contribution in [-0.2, 0) is 26.2 Å². The van der Waals surface area contributed by atoms with Crippen molar-refractivity contribution < 1.29 is 41.0 Å². The van der Waals surface area contributed by atoms with Gasteiger partial charge in [0, 0.05) is 28.2 Å². The molecule has 1 saturated heterocycles. The molecule has 0 unspecified atom stereocenters. The highest BCUT2D eigenvalue weighted by molar-refractivity contribution is 7.89. The monoisotopic (exact) mass is 692 g/mol. The molecule has 1 aromatic heterocycles. The maximum Gasteiger partial charge on any atom is 0.490 e. The van der Waals surface area contributed by atoms with E-state index in [1.165, 1.54) is 26.0 Å². The van der Waals surface area contributed by atoms with E-state index in [0.29, 0.717) is 29.3 Å². The summed E-state index contributed by atoms with van der Waals surface area (Å²) in [5.41, 5.74) is 0.431. The number of hydrogen-bond acceptors (Lipinski definition) is 7. The number of carboxylic acid groups (broad SMARTS) is 1. The molecule has 16 heteroatoms. The minimum absolute atomic E-state index is 0.0692. The number of nitrogens with one attached hydrogen (secondary N) is 3. The van der Waals surface area contributed by atoms with Crippen LogP contribution < -0.4 is 20.1 Å². The Morgan fingerprint density at radius 2 is 1.73 bits per heavy atom. The maximum absolute atomic E-state index is 13.4.